The average Bonchev–Trinajstić information content (AvgIpc) is 3.07. The Kier molecular flexibility index (Phi) is 4.23. The summed E-state index contributed by atoms with van der Waals surface area (Å²) >= 11 is 1.29. The molecule has 128 valence electrons. The third-order valence-electron chi connectivity index (χ3n) is 4.31. The summed E-state index contributed by atoms with van der Waals surface area (Å²) in [5, 5.41) is 0.471. The zero-order valence-electron chi connectivity index (χ0n) is 13.2. The normalized spacial score (nSPS) is 17.8. The molecule has 6 heteroatoms. The van der Waals surface area contributed by atoms with Gasteiger partial charge >= 0.3 is 0 Å². The maximum atomic E-state index is 13.9. The first-order valence-electron chi connectivity index (χ1n) is 7.96. The Morgan fingerprint density at radius 3 is 2.72 bits per heavy atom. The summed E-state index contributed by atoms with van der Waals surface area (Å²) < 4.78 is 33.4. The number of benzene rings is 2. The molecule has 1 saturated heterocycles. The molecule has 1 unspecified atom stereocenters. The summed E-state index contributed by atoms with van der Waals surface area (Å²) in [5.41, 5.74) is 0.835. The zero-order valence-corrected chi connectivity index (χ0v) is 14.1. The Hall–Kier alpha value is -2.31. The van der Waals surface area contributed by atoms with Crippen LogP contribution in [0.2, 0.25) is 0 Å². The number of carbonyl (C=O) groups excluding carboxylic acids is 1. The maximum Gasteiger partial charge on any atom is 0.264 e. The molecule has 1 amide bonds. The lowest BCUT2D eigenvalue weighted by Crippen LogP contribution is -2.42. The highest BCUT2D eigenvalue weighted by molar-refractivity contribution is 7.20. The number of carbonyl (C=O) groups is 1. The van der Waals surface area contributed by atoms with E-state index in [-0.39, 0.29) is 23.6 Å². The Bertz CT molecular complexity index is 923. The number of rotatable bonds is 2. The molecule has 1 aliphatic rings. The maximum absolute atomic E-state index is 13.9. The van der Waals surface area contributed by atoms with E-state index < -0.39 is 0 Å². The first kappa shape index (κ1) is 16.2. The van der Waals surface area contributed by atoms with Crippen molar-refractivity contribution in [3.63, 3.8) is 0 Å². The minimum absolute atomic E-state index is 0.129. The summed E-state index contributed by atoms with van der Waals surface area (Å²) in [7, 11) is 0. The first-order chi connectivity index (χ1) is 12.1. The molecule has 0 saturated carbocycles. The van der Waals surface area contributed by atoms with Gasteiger partial charge < -0.3 is 9.64 Å². The molecule has 25 heavy (non-hydrogen) atoms. The molecule has 0 radical (unpaired) electrons. The average molecular weight is 359 g/mol. The molecule has 1 aliphatic heterocycles. The quantitative estimate of drug-likeness (QED) is 0.679. The summed E-state index contributed by atoms with van der Waals surface area (Å²) in [5.74, 6) is -0.755. The lowest BCUT2D eigenvalue weighted by atomic mass is 10.1. The summed E-state index contributed by atoms with van der Waals surface area (Å²) in [6.45, 7) is 1.28. The molecule has 0 N–H and O–H groups in total. The minimum Gasteiger partial charge on any atom is -0.370 e. The van der Waals surface area contributed by atoms with Gasteiger partial charge in [-0.05, 0) is 35.9 Å². The van der Waals surface area contributed by atoms with Crippen LogP contribution in [0.1, 0.15) is 21.3 Å². The van der Waals surface area contributed by atoms with Gasteiger partial charge in [-0.1, -0.05) is 18.2 Å². The van der Waals surface area contributed by atoms with Crippen molar-refractivity contribution in [2.45, 2.75) is 6.10 Å². The Balaban J connectivity index is 1.56. The lowest BCUT2D eigenvalue weighted by molar-refractivity contribution is -0.0226. The van der Waals surface area contributed by atoms with E-state index in [1.807, 2.05) is 0 Å². The second kappa shape index (κ2) is 6.54. The van der Waals surface area contributed by atoms with Crippen molar-refractivity contribution < 1.29 is 18.3 Å². The number of amides is 1. The molecular weight excluding hydrogens is 344 g/mol. The molecule has 1 atom stereocenters. The van der Waals surface area contributed by atoms with Crippen LogP contribution in [-0.4, -0.2) is 30.5 Å². The van der Waals surface area contributed by atoms with E-state index in [9.17, 15) is 13.6 Å². The molecule has 2 heterocycles. The monoisotopic (exact) mass is 359 g/mol. The fourth-order valence-corrected chi connectivity index (χ4v) is 4.04. The fraction of sp³-hybridized carbons (Fsp3) is 0.211. The van der Waals surface area contributed by atoms with E-state index in [2.05, 4.69) is 0 Å². The smallest absolute Gasteiger partial charge is 0.264 e. The highest BCUT2D eigenvalue weighted by atomic mass is 32.1. The number of hydrogen-bond acceptors (Lipinski definition) is 3. The van der Waals surface area contributed by atoms with Crippen molar-refractivity contribution in [3.8, 4) is 0 Å². The van der Waals surface area contributed by atoms with Crippen LogP contribution in [0.4, 0.5) is 8.78 Å². The predicted octanol–water partition coefficient (Wildman–Crippen LogP) is 4.39. The molecule has 0 aliphatic carbocycles. The summed E-state index contributed by atoms with van der Waals surface area (Å²) in [6.07, 6.45) is -0.288. The van der Waals surface area contributed by atoms with E-state index >= 15 is 0 Å². The largest absolute Gasteiger partial charge is 0.370 e. The van der Waals surface area contributed by atoms with Gasteiger partial charge in [-0.15, -0.1) is 11.3 Å². The van der Waals surface area contributed by atoms with E-state index in [0.29, 0.717) is 30.0 Å². The highest BCUT2D eigenvalue weighted by Crippen LogP contribution is 2.30. The van der Waals surface area contributed by atoms with Crippen LogP contribution in [0.5, 0.6) is 0 Å². The van der Waals surface area contributed by atoms with Gasteiger partial charge in [-0.3, -0.25) is 4.79 Å². The van der Waals surface area contributed by atoms with Crippen LogP contribution in [0.15, 0.2) is 48.5 Å². The fourth-order valence-electron chi connectivity index (χ4n) is 3.00. The van der Waals surface area contributed by atoms with Crippen LogP contribution < -0.4 is 0 Å². The van der Waals surface area contributed by atoms with Gasteiger partial charge in [0, 0.05) is 16.6 Å². The SMILES string of the molecule is O=C(c1cc2c(F)cccc2s1)N1CCOC(c2ccc(F)cc2)C1. The van der Waals surface area contributed by atoms with Crippen LogP contribution in [0, 0.1) is 11.6 Å². The van der Waals surface area contributed by atoms with Gasteiger partial charge in [0.05, 0.1) is 18.0 Å². The van der Waals surface area contributed by atoms with Crippen molar-refractivity contribution in [2.75, 3.05) is 19.7 Å². The first-order valence-corrected chi connectivity index (χ1v) is 8.78. The number of halogens is 2. The highest BCUT2D eigenvalue weighted by Gasteiger charge is 2.27. The summed E-state index contributed by atoms with van der Waals surface area (Å²) in [6, 6.07) is 12.6. The third kappa shape index (κ3) is 3.15. The zero-order chi connectivity index (χ0) is 17.4. The van der Waals surface area contributed by atoms with Gasteiger partial charge in [-0.25, -0.2) is 8.78 Å². The molecule has 3 aromatic rings. The van der Waals surface area contributed by atoms with Crippen molar-refractivity contribution in [3.05, 3.63) is 70.6 Å². The molecule has 2 aromatic carbocycles. The molecule has 0 bridgehead atoms. The lowest BCUT2D eigenvalue weighted by Gasteiger charge is -2.33. The standard InChI is InChI=1S/C19H15F2NO2S/c20-13-6-4-12(5-7-13)16-11-22(8-9-24-16)19(23)18-10-14-15(21)2-1-3-17(14)25-18/h1-7,10,16H,8-9,11H2. The molecule has 1 fully saturated rings. The number of hydrogen-bond donors (Lipinski definition) is 0. The van der Waals surface area contributed by atoms with Crippen LogP contribution >= 0.6 is 11.3 Å². The number of morpholine rings is 1. The van der Waals surface area contributed by atoms with Gasteiger partial charge in [-0.2, -0.15) is 0 Å². The molecule has 1 aromatic heterocycles. The van der Waals surface area contributed by atoms with E-state index in [1.165, 1.54) is 29.5 Å². The Morgan fingerprint density at radius 1 is 1.16 bits per heavy atom. The van der Waals surface area contributed by atoms with Gasteiger partial charge in [0.1, 0.15) is 17.7 Å². The number of nitrogens with zero attached hydrogens (tertiary/aromatic N) is 1. The third-order valence-corrected chi connectivity index (χ3v) is 5.40. The minimum atomic E-state index is -0.320. The Labute approximate surface area is 147 Å². The van der Waals surface area contributed by atoms with Crippen molar-refractivity contribution in [1.82, 2.24) is 4.90 Å². The van der Waals surface area contributed by atoms with Crippen LogP contribution in [-0.2, 0) is 4.74 Å². The number of ether oxygens (including phenoxy) is 1. The molecule has 4 rings (SSSR count). The number of thiophene rings is 1. The topological polar surface area (TPSA) is 29.5 Å². The van der Waals surface area contributed by atoms with Crippen LogP contribution in [0.25, 0.3) is 10.1 Å². The van der Waals surface area contributed by atoms with Gasteiger partial charge in [0.15, 0.2) is 0 Å². The van der Waals surface area contributed by atoms with E-state index in [0.717, 1.165) is 10.3 Å². The van der Waals surface area contributed by atoms with Crippen molar-refractivity contribution >= 4 is 27.3 Å². The van der Waals surface area contributed by atoms with Gasteiger partial charge in [0.2, 0.25) is 0 Å². The van der Waals surface area contributed by atoms with E-state index in [4.69, 9.17) is 4.74 Å². The molecule has 0 spiro atoms. The second-order valence-corrected chi connectivity index (χ2v) is 7.01. The van der Waals surface area contributed by atoms with Crippen molar-refractivity contribution in [1.29, 1.82) is 0 Å². The summed E-state index contributed by atoms with van der Waals surface area (Å²) in [4.78, 5) is 15.0. The number of fused-ring (bicyclic) bond motifs is 1. The second-order valence-electron chi connectivity index (χ2n) is 5.92. The van der Waals surface area contributed by atoms with Crippen LogP contribution in [0.3, 0.4) is 0 Å². The van der Waals surface area contributed by atoms with Gasteiger partial charge in [0.25, 0.3) is 5.91 Å². The predicted molar refractivity (Wildman–Crippen MR) is 92.8 cm³/mol. The van der Waals surface area contributed by atoms with E-state index in [1.54, 1.807) is 35.2 Å². The Morgan fingerprint density at radius 2 is 1.96 bits per heavy atom. The molecular formula is C19H15F2NO2S. The molecule has 3 nitrogen and oxygen atoms in total. The van der Waals surface area contributed by atoms with Crippen molar-refractivity contribution in [2.24, 2.45) is 0 Å².